The van der Waals surface area contributed by atoms with E-state index in [1.165, 1.54) is 5.56 Å². The third-order valence-corrected chi connectivity index (χ3v) is 3.46. The van der Waals surface area contributed by atoms with Crippen LogP contribution >= 0.6 is 0 Å². The molecule has 0 radical (unpaired) electrons. The second-order valence-corrected chi connectivity index (χ2v) is 7.36. The van der Waals surface area contributed by atoms with Gasteiger partial charge in [0.15, 0.2) is 5.69 Å². The zero-order chi connectivity index (χ0) is 15.8. The molecule has 0 unspecified atom stereocenters. The predicted octanol–water partition coefficient (Wildman–Crippen LogP) is 3.73. The van der Waals surface area contributed by atoms with Crippen LogP contribution in [0.15, 0.2) is 24.3 Å². The van der Waals surface area contributed by atoms with Crippen molar-refractivity contribution in [3.63, 3.8) is 0 Å². The highest BCUT2D eigenvalue weighted by molar-refractivity contribution is 5.41. The number of nitriles is 1. The van der Waals surface area contributed by atoms with Crippen LogP contribution in [0.2, 0.25) is 0 Å². The van der Waals surface area contributed by atoms with E-state index in [4.69, 9.17) is 0 Å². The average molecular weight is 282 g/mol. The van der Waals surface area contributed by atoms with Crippen LogP contribution < -0.4 is 0 Å². The lowest BCUT2D eigenvalue weighted by Gasteiger charge is -2.21. The molecule has 4 nitrogen and oxygen atoms in total. The summed E-state index contributed by atoms with van der Waals surface area (Å²) in [6.07, 6.45) is 0. The summed E-state index contributed by atoms with van der Waals surface area (Å²) in [5, 5.41) is 17.4. The molecular weight excluding hydrogens is 260 g/mol. The lowest BCUT2D eigenvalue weighted by molar-refractivity contribution is 0.541. The molecule has 0 amide bonds. The fourth-order valence-electron chi connectivity index (χ4n) is 2.31. The van der Waals surface area contributed by atoms with Gasteiger partial charge in [0.25, 0.3) is 0 Å². The van der Waals surface area contributed by atoms with Gasteiger partial charge in [0, 0.05) is 5.41 Å². The molecule has 0 atom stereocenters. The Bertz CT molecular complexity index is 674. The van der Waals surface area contributed by atoms with Crippen LogP contribution in [0.25, 0.3) is 5.69 Å². The van der Waals surface area contributed by atoms with Gasteiger partial charge in [-0.25, -0.2) is 4.68 Å². The van der Waals surface area contributed by atoms with E-state index in [-0.39, 0.29) is 10.8 Å². The molecule has 110 valence electrons. The van der Waals surface area contributed by atoms with E-state index in [0.29, 0.717) is 5.69 Å². The van der Waals surface area contributed by atoms with Crippen LogP contribution in [0, 0.1) is 11.3 Å². The Morgan fingerprint density at radius 3 is 1.95 bits per heavy atom. The van der Waals surface area contributed by atoms with Crippen LogP contribution in [0.1, 0.15) is 58.5 Å². The van der Waals surface area contributed by atoms with E-state index in [2.05, 4.69) is 70.1 Å². The molecule has 2 aromatic rings. The van der Waals surface area contributed by atoms with Crippen LogP contribution in [0.4, 0.5) is 0 Å². The second kappa shape index (κ2) is 5.00. The van der Waals surface area contributed by atoms with Gasteiger partial charge < -0.3 is 0 Å². The van der Waals surface area contributed by atoms with Crippen LogP contribution in [0.5, 0.6) is 0 Å². The first-order chi connectivity index (χ1) is 9.64. The van der Waals surface area contributed by atoms with Crippen LogP contribution in [-0.4, -0.2) is 15.0 Å². The van der Waals surface area contributed by atoms with Crippen molar-refractivity contribution in [2.75, 3.05) is 0 Å². The van der Waals surface area contributed by atoms with Crippen LogP contribution in [-0.2, 0) is 10.8 Å². The van der Waals surface area contributed by atoms with Crippen molar-refractivity contribution in [2.24, 2.45) is 0 Å². The minimum atomic E-state index is -0.197. The summed E-state index contributed by atoms with van der Waals surface area (Å²) in [6, 6.07) is 10.4. The van der Waals surface area contributed by atoms with Crippen molar-refractivity contribution in [3.8, 4) is 11.8 Å². The third kappa shape index (κ3) is 2.97. The van der Waals surface area contributed by atoms with Gasteiger partial charge in [-0.2, -0.15) is 5.26 Å². The van der Waals surface area contributed by atoms with Crippen molar-refractivity contribution < 1.29 is 0 Å². The fraction of sp³-hybridized carbons (Fsp3) is 0.471. The molecule has 0 saturated carbocycles. The molecule has 1 heterocycles. The quantitative estimate of drug-likeness (QED) is 0.800. The number of hydrogen-bond donors (Lipinski definition) is 0. The van der Waals surface area contributed by atoms with Crippen LogP contribution in [0.3, 0.4) is 0 Å². The molecule has 0 aliphatic heterocycles. The Hall–Kier alpha value is -2.15. The van der Waals surface area contributed by atoms with E-state index in [0.717, 1.165) is 11.4 Å². The van der Waals surface area contributed by atoms with Gasteiger partial charge >= 0.3 is 0 Å². The number of aromatic nitrogens is 3. The number of nitrogens with zero attached hydrogens (tertiary/aromatic N) is 4. The highest BCUT2D eigenvalue weighted by Crippen LogP contribution is 2.28. The first-order valence-electron chi connectivity index (χ1n) is 7.12. The van der Waals surface area contributed by atoms with E-state index in [1.54, 1.807) is 4.68 Å². The van der Waals surface area contributed by atoms with Crippen molar-refractivity contribution in [3.05, 3.63) is 41.2 Å². The van der Waals surface area contributed by atoms with E-state index in [9.17, 15) is 5.26 Å². The maximum absolute atomic E-state index is 9.23. The Morgan fingerprint density at radius 2 is 1.52 bits per heavy atom. The normalized spacial score (nSPS) is 12.2. The van der Waals surface area contributed by atoms with Crippen molar-refractivity contribution >= 4 is 0 Å². The standard InChI is InChI=1S/C17H22N4/c1-16(2,3)12-7-9-13(10-8-12)21-15(17(4,5)6)14(11-18)19-20-21/h7-10H,1-6H3. The molecule has 0 aliphatic carbocycles. The summed E-state index contributed by atoms with van der Waals surface area (Å²) in [5.74, 6) is 0. The van der Waals surface area contributed by atoms with Gasteiger partial charge in [0.05, 0.1) is 11.4 Å². The van der Waals surface area contributed by atoms with E-state index >= 15 is 0 Å². The monoisotopic (exact) mass is 282 g/mol. The van der Waals surface area contributed by atoms with Crippen molar-refractivity contribution in [1.29, 1.82) is 5.26 Å². The smallest absolute Gasteiger partial charge is 0.186 e. The second-order valence-electron chi connectivity index (χ2n) is 7.36. The van der Waals surface area contributed by atoms with Gasteiger partial charge in [-0.3, -0.25) is 0 Å². The van der Waals surface area contributed by atoms with Crippen molar-refractivity contribution in [1.82, 2.24) is 15.0 Å². The van der Waals surface area contributed by atoms with E-state index in [1.807, 2.05) is 12.1 Å². The number of rotatable bonds is 1. The topological polar surface area (TPSA) is 54.5 Å². The summed E-state index contributed by atoms with van der Waals surface area (Å²) < 4.78 is 1.77. The zero-order valence-electron chi connectivity index (χ0n) is 13.6. The van der Waals surface area contributed by atoms with E-state index < -0.39 is 0 Å². The lowest BCUT2D eigenvalue weighted by Crippen LogP contribution is -2.19. The molecule has 4 heteroatoms. The third-order valence-electron chi connectivity index (χ3n) is 3.46. The lowest BCUT2D eigenvalue weighted by atomic mass is 9.87. The Morgan fingerprint density at radius 1 is 0.952 bits per heavy atom. The molecule has 0 spiro atoms. The first-order valence-corrected chi connectivity index (χ1v) is 7.12. The summed E-state index contributed by atoms with van der Waals surface area (Å²) in [6.45, 7) is 12.7. The van der Waals surface area contributed by atoms with Gasteiger partial charge in [0.2, 0.25) is 0 Å². The summed E-state index contributed by atoms with van der Waals surface area (Å²) >= 11 is 0. The molecule has 0 fully saturated rings. The summed E-state index contributed by atoms with van der Waals surface area (Å²) in [7, 11) is 0. The minimum absolute atomic E-state index is 0.117. The van der Waals surface area contributed by atoms with Crippen molar-refractivity contribution in [2.45, 2.75) is 52.4 Å². The van der Waals surface area contributed by atoms with Gasteiger partial charge in [0.1, 0.15) is 6.07 Å². The maximum atomic E-state index is 9.23. The van der Waals surface area contributed by atoms with Gasteiger partial charge in [-0.05, 0) is 23.1 Å². The molecule has 1 aromatic heterocycles. The minimum Gasteiger partial charge on any atom is -0.216 e. The number of benzene rings is 1. The SMILES string of the molecule is CC(C)(C)c1ccc(-n2nnc(C#N)c2C(C)(C)C)cc1. The zero-order valence-corrected chi connectivity index (χ0v) is 13.6. The molecular formula is C17H22N4. The maximum Gasteiger partial charge on any atom is 0.186 e. The Balaban J connectivity index is 2.54. The highest BCUT2D eigenvalue weighted by atomic mass is 15.4. The average Bonchev–Trinajstić information content (AvgIpc) is 2.81. The fourth-order valence-corrected chi connectivity index (χ4v) is 2.31. The summed E-state index contributed by atoms with van der Waals surface area (Å²) in [5.41, 5.74) is 3.35. The first kappa shape index (κ1) is 15.2. The molecule has 0 N–H and O–H groups in total. The molecule has 0 saturated heterocycles. The molecule has 2 rings (SSSR count). The van der Waals surface area contributed by atoms with Gasteiger partial charge in [-0.1, -0.05) is 58.9 Å². The molecule has 21 heavy (non-hydrogen) atoms. The Labute approximate surface area is 126 Å². The summed E-state index contributed by atoms with van der Waals surface area (Å²) in [4.78, 5) is 0. The van der Waals surface area contributed by atoms with Gasteiger partial charge in [-0.15, -0.1) is 5.10 Å². The molecule has 0 bridgehead atoms. The largest absolute Gasteiger partial charge is 0.216 e. The molecule has 0 aliphatic rings. The highest BCUT2D eigenvalue weighted by Gasteiger charge is 2.26. The number of hydrogen-bond acceptors (Lipinski definition) is 3. The molecule has 1 aromatic carbocycles. The Kier molecular flexibility index (Phi) is 3.63. The predicted molar refractivity (Wildman–Crippen MR) is 83.5 cm³/mol.